The van der Waals surface area contributed by atoms with Gasteiger partial charge in [-0.3, -0.25) is 20.0 Å². The minimum atomic E-state index is -0.582. The first-order valence-corrected chi connectivity index (χ1v) is 6.05. The van der Waals surface area contributed by atoms with Crippen LogP contribution in [0.4, 0.5) is 11.4 Å². The van der Waals surface area contributed by atoms with Crippen LogP contribution < -0.4 is 5.32 Å². The van der Waals surface area contributed by atoms with Gasteiger partial charge in [-0.25, -0.2) is 0 Å². The highest BCUT2D eigenvalue weighted by Gasteiger charge is 2.20. The molecule has 1 aromatic heterocycles. The predicted octanol–water partition coefficient (Wildman–Crippen LogP) is 2.84. The Bertz CT molecular complexity index is 677. The summed E-state index contributed by atoms with van der Waals surface area (Å²) in [6.45, 7) is 3.37. The van der Waals surface area contributed by atoms with E-state index in [1.807, 2.05) is 0 Å². The summed E-state index contributed by atoms with van der Waals surface area (Å²) in [5, 5.41) is 20.3. The Morgan fingerprint density at radius 1 is 1.45 bits per heavy atom. The molecular formula is C12H11ClN4O3. The van der Waals surface area contributed by atoms with Crippen LogP contribution in [0.25, 0.3) is 0 Å². The Labute approximate surface area is 119 Å². The van der Waals surface area contributed by atoms with E-state index in [0.717, 1.165) is 0 Å². The van der Waals surface area contributed by atoms with E-state index >= 15 is 0 Å². The van der Waals surface area contributed by atoms with E-state index in [2.05, 4.69) is 15.5 Å². The summed E-state index contributed by atoms with van der Waals surface area (Å²) in [5.41, 5.74) is 1.29. The standard InChI is InChI=1S/C12H11ClN4O3/c1-6-11(7(2)16-15-6)12(18)14-9-5-8(13)3-4-10(9)17(19)20/h3-5H,1-2H3,(H,14,18)(H,15,16). The highest BCUT2D eigenvalue weighted by Crippen LogP contribution is 2.28. The number of hydrogen-bond donors (Lipinski definition) is 2. The van der Waals surface area contributed by atoms with Crippen molar-refractivity contribution < 1.29 is 9.72 Å². The van der Waals surface area contributed by atoms with Crippen molar-refractivity contribution in [3.8, 4) is 0 Å². The van der Waals surface area contributed by atoms with Crippen LogP contribution in [0.2, 0.25) is 5.02 Å². The second kappa shape index (κ2) is 5.30. The van der Waals surface area contributed by atoms with E-state index in [4.69, 9.17) is 11.6 Å². The summed E-state index contributed by atoms with van der Waals surface area (Å²) >= 11 is 5.80. The Morgan fingerprint density at radius 2 is 2.15 bits per heavy atom. The fraction of sp³-hybridized carbons (Fsp3) is 0.167. The summed E-state index contributed by atoms with van der Waals surface area (Å²) in [6.07, 6.45) is 0. The van der Waals surface area contributed by atoms with Crippen LogP contribution in [0.5, 0.6) is 0 Å². The number of H-pyrrole nitrogens is 1. The van der Waals surface area contributed by atoms with Crippen LogP contribution in [-0.2, 0) is 0 Å². The molecule has 1 amide bonds. The van der Waals surface area contributed by atoms with Gasteiger partial charge >= 0.3 is 0 Å². The Morgan fingerprint density at radius 3 is 2.70 bits per heavy atom. The molecule has 0 bridgehead atoms. The van der Waals surface area contributed by atoms with Crippen molar-refractivity contribution in [2.24, 2.45) is 0 Å². The maximum Gasteiger partial charge on any atom is 0.292 e. The number of nitrogens with one attached hydrogen (secondary N) is 2. The zero-order valence-electron chi connectivity index (χ0n) is 10.7. The highest BCUT2D eigenvalue weighted by atomic mass is 35.5. The monoisotopic (exact) mass is 294 g/mol. The normalized spacial score (nSPS) is 10.3. The van der Waals surface area contributed by atoms with Gasteiger partial charge in [-0.15, -0.1) is 0 Å². The van der Waals surface area contributed by atoms with Gasteiger partial charge in [0.15, 0.2) is 0 Å². The second-order valence-electron chi connectivity index (χ2n) is 4.18. The highest BCUT2D eigenvalue weighted by molar-refractivity contribution is 6.31. The lowest BCUT2D eigenvalue weighted by atomic mass is 10.1. The van der Waals surface area contributed by atoms with Gasteiger partial charge in [0.05, 0.1) is 16.2 Å². The van der Waals surface area contributed by atoms with Crippen LogP contribution >= 0.6 is 11.6 Å². The van der Waals surface area contributed by atoms with Gasteiger partial charge in [-0.1, -0.05) is 11.6 Å². The van der Waals surface area contributed by atoms with Crippen LogP contribution in [0.1, 0.15) is 21.7 Å². The Balaban J connectivity index is 2.37. The zero-order valence-corrected chi connectivity index (χ0v) is 11.5. The summed E-state index contributed by atoms with van der Waals surface area (Å²) in [7, 11) is 0. The molecule has 104 valence electrons. The Hall–Kier alpha value is -2.41. The lowest BCUT2D eigenvalue weighted by molar-refractivity contribution is -0.383. The van der Waals surface area contributed by atoms with Crippen LogP contribution in [-0.4, -0.2) is 21.0 Å². The van der Waals surface area contributed by atoms with E-state index in [1.165, 1.54) is 18.2 Å². The number of nitro benzene ring substituents is 1. The van der Waals surface area contributed by atoms with Gasteiger partial charge in [0.2, 0.25) is 0 Å². The number of amides is 1. The third kappa shape index (κ3) is 2.62. The number of aromatic nitrogens is 2. The number of carbonyl (C=O) groups is 1. The van der Waals surface area contributed by atoms with Gasteiger partial charge < -0.3 is 5.32 Å². The quantitative estimate of drug-likeness (QED) is 0.671. The van der Waals surface area contributed by atoms with Crippen LogP contribution in [0.3, 0.4) is 0 Å². The van der Waals surface area contributed by atoms with E-state index in [-0.39, 0.29) is 11.4 Å². The maximum atomic E-state index is 12.2. The third-order valence-corrected chi connectivity index (χ3v) is 2.99. The molecule has 0 saturated carbocycles. The van der Waals surface area contributed by atoms with E-state index in [9.17, 15) is 14.9 Å². The first kappa shape index (κ1) is 14.0. The molecule has 2 aromatic rings. The number of nitrogens with zero attached hydrogens (tertiary/aromatic N) is 2. The van der Waals surface area contributed by atoms with Crippen molar-refractivity contribution in [3.63, 3.8) is 0 Å². The molecule has 1 aromatic carbocycles. The largest absolute Gasteiger partial charge is 0.316 e. The SMILES string of the molecule is Cc1n[nH]c(C)c1C(=O)Nc1cc(Cl)ccc1[N+](=O)[O-]. The fourth-order valence-electron chi connectivity index (χ4n) is 1.84. The predicted molar refractivity (Wildman–Crippen MR) is 74.1 cm³/mol. The molecule has 2 N–H and O–H groups in total. The average molecular weight is 295 g/mol. The number of aromatic amines is 1. The van der Waals surface area contributed by atoms with Gasteiger partial charge in [0.25, 0.3) is 11.6 Å². The van der Waals surface area contributed by atoms with Gasteiger partial charge in [0.1, 0.15) is 5.69 Å². The van der Waals surface area contributed by atoms with E-state index in [0.29, 0.717) is 22.0 Å². The maximum absolute atomic E-state index is 12.2. The van der Waals surface area contributed by atoms with Crippen molar-refractivity contribution in [1.29, 1.82) is 0 Å². The summed E-state index contributed by atoms with van der Waals surface area (Å²) in [4.78, 5) is 22.5. The fourth-order valence-corrected chi connectivity index (χ4v) is 2.01. The molecule has 0 radical (unpaired) electrons. The number of hydrogen-bond acceptors (Lipinski definition) is 4. The first-order valence-electron chi connectivity index (χ1n) is 5.67. The molecular weight excluding hydrogens is 284 g/mol. The van der Waals surface area contributed by atoms with Crippen molar-refractivity contribution >= 4 is 28.9 Å². The topological polar surface area (TPSA) is 101 Å². The number of nitro groups is 1. The molecule has 20 heavy (non-hydrogen) atoms. The van der Waals surface area contributed by atoms with Crippen LogP contribution in [0, 0.1) is 24.0 Å². The van der Waals surface area contributed by atoms with Crippen molar-refractivity contribution in [1.82, 2.24) is 10.2 Å². The second-order valence-corrected chi connectivity index (χ2v) is 4.62. The smallest absolute Gasteiger partial charge is 0.292 e. The van der Waals surface area contributed by atoms with Crippen molar-refractivity contribution in [2.75, 3.05) is 5.32 Å². The zero-order chi connectivity index (χ0) is 14.9. The summed E-state index contributed by atoms with van der Waals surface area (Å²) < 4.78 is 0. The lowest BCUT2D eigenvalue weighted by Gasteiger charge is -2.06. The molecule has 8 heteroatoms. The van der Waals surface area contributed by atoms with E-state index in [1.54, 1.807) is 13.8 Å². The molecule has 0 atom stereocenters. The van der Waals surface area contributed by atoms with E-state index < -0.39 is 10.8 Å². The van der Waals surface area contributed by atoms with Gasteiger partial charge in [0, 0.05) is 16.8 Å². The molecule has 0 fully saturated rings. The molecule has 1 heterocycles. The summed E-state index contributed by atoms with van der Waals surface area (Å²) in [5.74, 6) is -0.473. The molecule has 0 saturated heterocycles. The minimum Gasteiger partial charge on any atom is -0.316 e. The molecule has 0 aliphatic carbocycles. The first-order chi connectivity index (χ1) is 9.40. The molecule has 0 aliphatic rings. The van der Waals surface area contributed by atoms with Crippen LogP contribution in [0.15, 0.2) is 18.2 Å². The Kier molecular flexibility index (Phi) is 3.71. The number of aryl methyl sites for hydroxylation is 2. The number of halogens is 1. The van der Waals surface area contributed by atoms with Crippen molar-refractivity contribution in [3.05, 3.63) is 50.3 Å². The molecule has 7 nitrogen and oxygen atoms in total. The van der Waals surface area contributed by atoms with Gasteiger partial charge in [-0.05, 0) is 26.0 Å². The summed E-state index contributed by atoms with van der Waals surface area (Å²) in [6, 6.07) is 3.97. The molecule has 0 aliphatic heterocycles. The molecule has 0 unspecified atom stereocenters. The third-order valence-electron chi connectivity index (χ3n) is 2.76. The minimum absolute atomic E-state index is 0.0486. The average Bonchev–Trinajstić information content (AvgIpc) is 2.68. The number of rotatable bonds is 3. The number of carbonyl (C=O) groups excluding carboxylic acids is 1. The molecule has 0 spiro atoms. The number of anilines is 1. The van der Waals surface area contributed by atoms with Crippen molar-refractivity contribution in [2.45, 2.75) is 13.8 Å². The number of benzene rings is 1. The lowest BCUT2D eigenvalue weighted by Crippen LogP contribution is -2.14. The van der Waals surface area contributed by atoms with Gasteiger partial charge in [-0.2, -0.15) is 5.10 Å². The molecule has 2 rings (SSSR count).